The lowest BCUT2D eigenvalue weighted by atomic mass is 9.98. The van der Waals surface area contributed by atoms with Gasteiger partial charge in [-0.3, -0.25) is 0 Å². The molecule has 2 saturated carbocycles. The Balaban J connectivity index is 1.55. The van der Waals surface area contributed by atoms with Crippen LogP contribution in [0.1, 0.15) is 31.2 Å². The summed E-state index contributed by atoms with van der Waals surface area (Å²) in [6.45, 7) is 2.12. The van der Waals surface area contributed by atoms with E-state index in [1.165, 1.54) is 36.1 Å². The molecule has 0 heterocycles. The van der Waals surface area contributed by atoms with Gasteiger partial charge in [-0.1, -0.05) is 17.7 Å². The third-order valence-electron chi connectivity index (χ3n) is 3.96. The van der Waals surface area contributed by atoms with Crippen LogP contribution in [0.25, 0.3) is 0 Å². The van der Waals surface area contributed by atoms with Gasteiger partial charge >= 0.3 is 0 Å². The van der Waals surface area contributed by atoms with Gasteiger partial charge in [0.25, 0.3) is 0 Å². The van der Waals surface area contributed by atoms with E-state index in [0.717, 1.165) is 11.8 Å². The highest BCUT2D eigenvalue weighted by atomic mass is 32.2. The van der Waals surface area contributed by atoms with Gasteiger partial charge in [-0.2, -0.15) is 0 Å². The van der Waals surface area contributed by atoms with Crippen molar-refractivity contribution in [2.75, 3.05) is 0 Å². The summed E-state index contributed by atoms with van der Waals surface area (Å²) in [4.78, 5) is 1.23. The van der Waals surface area contributed by atoms with Crippen LogP contribution in [0.3, 0.4) is 0 Å². The van der Waals surface area contributed by atoms with Crippen molar-refractivity contribution in [1.29, 1.82) is 0 Å². The quantitative estimate of drug-likeness (QED) is 0.725. The van der Waals surface area contributed by atoms with E-state index in [-0.39, 0.29) is 0 Å². The van der Waals surface area contributed by atoms with Crippen LogP contribution < -0.4 is 0 Å². The molecule has 2 aliphatic rings. The third-order valence-corrected chi connectivity index (χ3v) is 4.77. The minimum Gasteiger partial charge on any atom is -0.307 e. The molecular formula is C14H18OS. The first kappa shape index (κ1) is 10.7. The van der Waals surface area contributed by atoms with Gasteiger partial charge in [0, 0.05) is 16.9 Å². The normalized spacial score (nSPS) is 32.2. The smallest absolute Gasteiger partial charge is 0.0757 e. The van der Waals surface area contributed by atoms with Gasteiger partial charge in [0.15, 0.2) is 0 Å². The van der Waals surface area contributed by atoms with E-state index < -0.39 is 0 Å². The molecule has 1 aromatic rings. The molecule has 2 fully saturated rings. The molecule has 3 unspecified atom stereocenters. The molecule has 1 aromatic carbocycles. The number of aryl methyl sites for hydroxylation is 1. The van der Waals surface area contributed by atoms with E-state index in [1.807, 2.05) is 0 Å². The van der Waals surface area contributed by atoms with E-state index in [0.29, 0.717) is 6.10 Å². The van der Waals surface area contributed by atoms with E-state index >= 15 is 0 Å². The van der Waals surface area contributed by atoms with Crippen molar-refractivity contribution in [2.24, 2.45) is 11.8 Å². The molecule has 2 heteroatoms. The fourth-order valence-corrected chi connectivity index (χ4v) is 3.73. The predicted molar refractivity (Wildman–Crippen MR) is 67.4 cm³/mol. The predicted octanol–water partition coefficient (Wildman–Crippen LogP) is 4.21. The maximum atomic E-state index is 5.98. The van der Waals surface area contributed by atoms with Gasteiger partial charge < -0.3 is 4.18 Å². The molecule has 2 aliphatic carbocycles. The molecular weight excluding hydrogens is 216 g/mol. The number of rotatable bonds is 3. The first-order valence-corrected chi connectivity index (χ1v) is 6.95. The molecule has 2 bridgehead atoms. The van der Waals surface area contributed by atoms with E-state index in [2.05, 4.69) is 31.2 Å². The number of benzene rings is 1. The lowest BCUT2D eigenvalue weighted by Crippen LogP contribution is -2.17. The Morgan fingerprint density at radius 1 is 1.12 bits per heavy atom. The summed E-state index contributed by atoms with van der Waals surface area (Å²) in [6.07, 6.45) is 6.07. The molecule has 86 valence electrons. The maximum Gasteiger partial charge on any atom is 0.0757 e. The molecule has 1 nitrogen and oxygen atoms in total. The fourth-order valence-electron chi connectivity index (χ4n) is 3.02. The van der Waals surface area contributed by atoms with Crippen LogP contribution in [-0.2, 0) is 4.18 Å². The number of fused-ring (bicyclic) bond motifs is 2. The van der Waals surface area contributed by atoms with Crippen molar-refractivity contribution in [2.45, 2.75) is 43.6 Å². The van der Waals surface area contributed by atoms with Crippen molar-refractivity contribution in [3.8, 4) is 0 Å². The first-order chi connectivity index (χ1) is 7.81. The van der Waals surface area contributed by atoms with Crippen LogP contribution in [0.2, 0.25) is 0 Å². The minimum atomic E-state index is 0.519. The first-order valence-electron chi connectivity index (χ1n) is 6.21. The average Bonchev–Trinajstić information content (AvgIpc) is 2.90. The second kappa shape index (κ2) is 4.42. The summed E-state index contributed by atoms with van der Waals surface area (Å²) in [5.41, 5.74) is 1.31. The van der Waals surface area contributed by atoms with Crippen LogP contribution in [0.4, 0.5) is 0 Å². The van der Waals surface area contributed by atoms with Crippen molar-refractivity contribution in [1.82, 2.24) is 0 Å². The highest BCUT2D eigenvalue weighted by Gasteiger charge is 2.40. The molecule has 0 saturated heterocycles. The molecule has 0 N–H and O–H groups in total. The topological polar surface area (TPSA) is 9.23 Å². The zero-order valence-electron chi connectivity index (χ0n) is 9.69. The van der Waals surface area contributed by atoms with E-state index in [4.69, 9.17) is 4.18 Å². The van der Waals surface area contributed by atoms with Crippen LogP contribution >= 0.6 is 12.0 Å². The Labute approximate surface area is 102 Å². The molecule has 0 aliphatic heterocycles. The Morgan fingerprint density at radius 3 is 2.56 bits per heavy atom. The molecule has 16 heavy (non-hydrogen) atoms. The fraction of sp³-hybridized carbons (Fsp3) is 0.571. The van der Waals surface area contributed by atoms with Crippen LogP contribution in [0.15, 0.2) is 29.2 Å². The molecule has 0 radical (unpaired) electrons. The second-order valence-corrected chi connectivity index (χ2v) is 6.04. The lowest BCUT2D eigenvalue weighted by molar-refractivity contribution is 0.167. The highest BCUT2D eigenvalue weighted by molar-refractivity contribution is 7.94. The van der Waals surface area contributed by atoms with Gasteiger partial charge in [-0.25, -0.2) is 0 Å². The molecule has 3 rings (SSSR count). The highest BCUT2D eigenvalue weighted by Crippen LogP contribution is 2.47. The standard InChI is InChI=1S/C14H18OS/c1-10-2-6-13(7-3-10)16-15-14-9-11-4-5-12(14)8-11/h2-3,6-7,11-12,14H,4-5,8-9H2,1H3. The second-order valence-electron chi connectivity index (χ2n) is 5.21. The maximum absolute atomic E-state index is 5.98. The largest absolute Gasteiger partial charge is 0.307 e. The summed E-state index contributed by atoms with van der Waals surface area (Å²) in [7, 11) is 0. The van der Waals surface area contributed by atoms with Gasteiger partial charge in [-0.15, -0.1) is 0 Å². The summed E-state index contributed by atoms with van der Waals surface area (Å²) >= 11 is 1.57. The van der Waals surface area contributed by atoms with Gasteiger partial charge in [0.1, 0.15) is 0 Å². The van der Waals surface area contributed by atoms with E-state index in [9.17, 15) is 0 Å². The third kappa shape index (κ3) is 2.14. The van der Waals surface area contributed by atoms with Gasteiger partial charge in [0.2, 0.25) is 0 Å². The van der Waals surface area contributed by atoms with Gasteiger partial charge in [-0.05, 0) is 56.6 Å². The lowest BCUT2D eigenvalue weighted by Gasteiger charge is -2.20. The number of hydrogen-bond acceptors (Lipinski definition) is 2. The Hall–Kier alpha value is -0.470. The summed E-state index contributed by atoms with van der Waals surface area (Å²) in [5, 5.41) is 0. The molecule has 0 spiro atoms. The zero-order valence-corrected chi connectivity index (χ0v) is 10.5. The van der Waals surface area contributed by atoms with Crippen LogP contribution in [-0.4, -0.2) is 6.10 Å². The van der Waals surface area contributed by atoms with Crippen molar-refractivity contribution < 1.29 is 4.18 Å². The zero-order chi connectivity index (χ0) is 11.0. The Morgan fingerprint density at radius 2 is 1.94 bits per heavy atom. The Kier molecular flexibility index (Phi) is 2.95. The minimum absolute atomic E-state index is 0.519. The summed E-state index contributed by atoms with van der Waals surface area (Å²) in [6, 6.07) is 8.58. The van der Waals surface area contributed by atoms with Crippen LogP contribution in [0.5, 0.6) is 0 Å². The summed E-state index contributed by atoms with van der Waals surface area (Å²) < 4.78 is 5.98. The molecule has 0 aromatic heterocycles. The van der Waals surface area contributed by atoms with Crippen molar-refractivity contribution in [3.05, 3.63) is 29.8 Å². The van der Waals surface area contributed by atoms with Crippen molar-refractivity contribution >= 4 is 12.0 Å². The van der Waals surface area contributed by atoms with Crippen LogP contribution in [0, 0.1) is 18.8 Å². The van der Waals surface area contributed by atoms with Gasteiger partial charge in [0.05, 0.1) is 6.10 Å². The molecule has 0 amide bonds. The van der Waals surface area contributed by atoms with Crippen molar-refractivity contribution in [3.63, 3.8) is 0 Å². The monoisotopic (exact) mass is 234 g/mol. The van der Waals surface area contributed by atoms with E-state index in [1.54, 1.807) is 12.0 Å². The number of hydrogen-bond donors (Lipinski definition) is 0. The molecule has 3 atom stereocenters. The average molecular weight is 234 g/mol. The SMILES string of the molecule is Cc1ccc(SOC2CC3CCC2C3)cc1. The Bertz CT molecular complexity index is 360. The summed E-state index contributed by atoms with van der Waals surface area (Å²) in [5.74, 6) is 1.82.